The van der Waals surface area contributed by atoms with E-state index in [1.807, 2.05) is 7.11 Å². The van der Waals surface area contributed by atoms with Crippen LogP contribution in [0, 0.1) is 5.92 Å². The second kappa shape index (κ2) is 4.60. The van der Waals surface area contributed by atoms with Crippen LogP contribution >= 0.6 is 0 Å². The van der Waals surface area contributed by atoms with Crippen molar-refractivity contribution in [1.82, 2.24) is 4.90 Å². The van der Waals surface area contributed by atoms with Crippen molar-refractivity contribution in [2.45, 2.75) is 37.8 Å². The van der Waals surface area contributed by atoms with Crippen molar-refractivity contribution >= 4 is 0 Å². The number of methoxy groups -OCH3 is 1. The van der Waals surface area contributed by atoms with Gasteiger partial charge < -0.3 is 15.4 Å². The van der Waals surface area contributed by atoms with Gasteiger partial charge in [-0.25, -0.2) is 0 Å². The average Bonchev–Trinajstić information content (AvgIpc) is 2.17. The summed E-state index contributed by atoms with van der Waals surface area (Å²) in [6, 6.07) is 0.497. The molecule has 0 aromatic heterocycles. The lowest BCUT2D eigenvalue weighted by Gasteiger charge is -2.39. The first-order valence-corrected chi connectivity index (χ1v) is 5.78. The van der Waals surface area contributed by atoms with Crippen LogP contribution in [0.15, 0.2) is 0 Å². The van der Waals surface area contributed by atoms with Crippen molar-refractivity contribution in [2.75, 3.05) is 26.7 Å². The summed E-state index contributed by atoms with van der Waals surface area (Å²) < 4.78 is 5.36. The summed E-state index contributed by atoms with van der Waals surface area (Å²) in [4.78, 5) is 2.58. The van der Waals surface area contributed by atoms with E-state index in [0.29, 0.717) is 12.1 Å². The Kier molecular flexibility index (Phi) is 3.42. The fraction of sp³-hybridized carbons (Fsp3) is 1.00. The van der Waals surface area contributed by atoms with Crippen molar-refractivity contribution in [3.63, 3.8) is 0 Å². The number of hydrogen-bond acceptors (Lipinski definition) is 3. The van der Waals surface area contributed by atoms with Crippen LogP contribution in [0.3, 0.4) is 0 Å². The monoisotopic (exact) mass is 198 g/mol. The minimum Gasteiger partial charge on any atom is -0.381 e. The predicted molar refractivity (Wildman–Crippen MR) is 57.2 cm³/mol. The Morgan fingerprint density at radius 3 is 2.43 bits per heavy atom. The van der Waals surface area contributed by atoms with Crippen molar-refractivity contribution in [1.29, 1.82) is 0 Å². The smallest absolute Gasteiger partial charge is 0.0595 e. The SMILES string of the molecule is COC1CCN(CC2CC(N)C2)CC1. The number of hydrogen-bond donors (Lipinski definition) is 1. The minimum absolute atomic E-state index is 0.497. The molecule has 1 heterocycles. The topological polar surface area (TPSA) is 38.5 Å². The lowest BCUT2D eigenvalue weighted by Crippen LogP contribution is -2.45. The van der Waals surface area contributed by atoms with Gasteiger partial charge in [-0.2, -0.15) is 0 Å². The van der Waals surface area contributed by atoms with Gasteiger partial charge in [0.1, 0.15) is 0 Å². The number of nitrogens with two attached hydrogens (primary N) is 1. The zero-order chi connectivity index (χ0) is 9.97. The zero-order valence-corrected chi connectivity index (χ0v) is 9.11. The fourth-order valence-corrected chi connectivity index (χ4v) is 2.63. The largest absolute Gasteiger partial charge is 0.381 e. The number of rotatable bonds is 3. The van der Waals surface area contributed by atoms with Crippen LogP contribution in [0.1, 0.15) is 25.7 Å². The number of nitrogens with zero attached hydrogens (tertiary/aromatic N) is 1. The Morgan fingerprint density at radius 2 is 1.93 bits per heavy atom. The Morgan fingerprint density at radius 1 is 1.29 bits per heavy atom. The molecule has 0 bridgehead atoms. The summed E-state index contributed by atoms with van der Waals surface area (Å²) in [7, 11) is 1.82. The van der Waals surface area contributed by atoms with Crippen LogP contribution in [-0.2, 0) is 4.74 Å². The molecule has 2 fully saturated rings. The van der Waals surface area contributed by atoms with Gasteiger partial charge >= 0.3 is 0 Å². The quantitative estimate of drug-likeness (QED) is 0.730. The standard InChI is InChI=1S/C11H22N2O/c1-14-11-2-4-13(5-3-11)8-9-6-10(12)7-9/h9-11H,2-8,12H2,1H3. The van der Waals surface area contributed by atoms with E-state index >= 15 is 0 Å². The highest BCUT2D eigenvalue weighted by Crippen LogP contribution is 2.27. The molecule has 1 saturated carbocycles. The molecule has 3 nitrogen and oxygen atoms in total. The van der Waals surface area contributed by atoms with E-state index < -0.39 is 0 Å². The molecule has 0 aromatic carbocycles. The molecule has 2 aliphatic rings. The maximum atomic E-state index is 5.78. The lowest BCUT2D eigenvalue weighted by molar-refractivity contribution is 0.0305. The van der Waals surface area contributed by atoms with E-state index in [-0.39, 0.29) is 0 Å². The highest BCUT2D eigenvalue weighted by molar-refractivity contribution is 4.85. The summed E-state index contributed by atoms with van der Waals surface area (Å²) in [5.74, 6) is 0.879. The molecule has 0 radical (unpaired) electrons. The van der Waals surface area contributed by atoms with Crippen LogP contribution in [0.25, 0.3) is 0 Å². The molecule has 0 spiro atoms. The van der Waals surface area contributed by atoms with Crippen LogP contribution < -0.4 is 5.73 Å². The van der Waals surface area contributed by atoms with E-state index in [1.54, 1.807) is 0 Å². The van der Waals surface area contributed by atoms with Crippen LogP contribution in [0.4, 0.5) is 0 Å². The minimum atomic E-state index is 0.497. The van der Waals surface area contributed by atoms with Gasteiger partial charge in [-0.05, 0) is 31.6 Å². The van der Waals surface area contributed by atoms with E-state index in [2.05, 4.69) is 4.90 Å². The van der Waals surface area contributed by atoms with Crippen molar-refractivity contribution < 1.29 is 4.74 Å². The molecule has 0 amide bonds. The van der Waals surface area contributed by atoms with Crippen molar-refractivity contribution in [3.8, 4) is 0 Å². The Bertz CT molecular complexity index is 172. The number of likely N-dealkylation sites (tertiary alicyclic amines) is 1. The molecule has 2 N–H and O–H groups in total. The summed E-state index contributed by atoms with van der Waals surface area (Å²) in [6.07, 6.45) is 5.40. The van der Waals surface area contributed by atoms with E-state index in [4.69, 9.17) is 10.5 Å². The van der Waals surface area contributed by atoms with Crippen LogP contribution in [-0.4, -0.2) is 43.8 Å². The molecule has 82 valence electrons. The van der Waals surface area contributed by atoms with Crippen LogP contribution in [0.5, 0.6) is 0 Å². The van der Waals surface area contributed by atoms with Gasteiger partial charge in [0.15, 0.2) is 0 Å². The highest BCUT2D eigenvalue weighted by Gasteiger charge is 2.29. The van der Waals surface area contributed by atoms with Gasteiger partial charge in [0.05, 0.1) is 6.10 Å². The summed E-state index contributed by atoms with van der Waals surface area (Å²) >= 11 is 0. The molecule has 1 saturated heterocycles. The molecule has 1 aliphatic carbocycles. The number of ether oxygens (including phenoxy) is 1. The average molecular weight is 198 g/mol. The molecule has 1 aliphatic heterocycles. The maximum absolute atomic E-state index is 5.78. The van der Waals surface area contributed by atoms with Crippen LogP contribution in [0.2, 0.25) is 0 Å². The van der Waals surface area contributed by atoms with Gasteiger partial charge in [0, 0.05) is 32.8 Å². The third-order valence-electron chi connectivity index (χ3n) is 3.66. The predicted octanol–water partition coefficient (Wildman–Crippen LogP) is 0.834. The molecular formula is C11H22N2O. The first kappa shape index (κ1) is 10.4. The second-order valence-electron chi connectivity index (χ2n) is 4.83. The van der Waals surface area contributed by atoms with Gasteiger partial charge in [-0.1, -0.05) is 0 Å². The summed E-state index contributed by atoms with van der Waals surface area (Å²) in [5.41, 5.74) is 5.78. The molecule has 2 rings (SSSR count). The molecule has 0 atom stereocenters. The first-order valence-electron chi connectivity index (χ1n) is 5.78. The Labute approximate surface area is 86.6 Å². The normalized spacial score (nSPS) is 35.6. The van der Waals surface area contributed by atoms with Crippen molar-refractivity contribution in [3.05, 3.63) is 0 Å². The van der Waals surface area contributed by atoms with Gasteiger partial charge in [-0.15, -0.1) is 0 Å². The Balaban J connectivity index is 1.64. The maximum Gasteiger partial charge on any atom is 0.0595 e. The molecule has 14 heavy (non-hydrogen) atoms. The van der Waals surface area contributed by atoms with E-state index in [9.17, 15) is 0 Å². The third-order valence-corrected chi connectivity index (χ3v) is 3.66. The fourth-order valence-electron chi connectivity index (χ4n) is 2.63. The highest BCUT2D eigenvalue weighted by atomic mass is 16.5. The van der Waals surface area contributed by atoms with Crippen molar-refractivity contribution in [2.24, 2.45) is 11.7 Å². The zero-order valence-electron chi connectivity index (χ0n) is 9.11. The second-order valence-corrected chi connectivity index (χ2v) is 4.83. The Hall–Kier alpha value is -0.120. The van der Waals surface area contributed by atoms with Gasteiger partial charge in [0.25, 0.3) is 0 Å². The van der Waals surface area contributed by atoms with E-state index in [0.717, 1.165) is 5.92 Å². The first-order chi connectivity index (χ1) is 6.78. The third kappa shape index (κ3) is 2.47. The molecule has 3 heteroatoms. The van der Waals surface area contributed by atoms with Gasteiger partial charge in [0.2, 0.25) is 0 Å². The molecular weight excluding hydrogens is 176 g/mol. The van der Waals surface area contributed by atoms with Gasteiger partial charge in [-0.3, -0.25) is 0 Å². The number of piperidine rings is 1. The summed E-state index contributed by atoms with van der Waals surface area (Å²) in [5, 5.41) is 0. The summed E-state index contributed by atoms with van der Waals surface area (Å²) in [6.45, 7) is 3.69. The molecule has 0 aromatic rings. The molecule has 0 unspecified atom stereocenters. The van der Waals surface area contributed by atoms with E-state index in [1.165, 1.54) is 45.3 Å². The lowest BCUT2D eigenvalue weighted by atomic mass is 9.80.